The first kappa shape index (κ1) is 18.2. The van der Waals surface area contributed by atoms with Crippen molar-refractivity contribution < 1.29 is 9.50 Å². The highest BCUT2D eigenvalue weighted by atomic mass is 35.5. The Morgan fingerprint density at radius 3 is 2.69 bits per heavy atom. The van der Waals surface area contributed by atoms with E-state index < -0.39 is 11.3 Å². The Balaban J connectivity index is 1.45. The van der Waals surface area contributed by atoms with Crippen LogP contribution in [0.1, 0.15) is 76.9 Å². The van der Waals surface area contributed by atoms with Gasteiger partial charge < -0.3 is 9.67 Å². The fourth-order valence-electron chi connectivity index (χ4n) is 5.00. The quantitative estimate of drug-likeness (QED) is 0.728. The number of nitrogens with zero attached hydrogens (tertiary/aromatic N) is 2. The van der Waals surface area contributed by atoms with Gasteiger partial charge in [-0.05, 0) is 82.3 Å². The molecule has 1 aromatic heterocycles. The average molecular weight is 379 g/mol. The summed E-state index contributed by atoms with van der Waals surface area (Å²) in [7, 11) is 0. The molecular formula is C21H28ClFN2O. The second kappa shape index (κ2) is 6.49. The Hall–Kier alpha value is -1.13. The van der Waals surface area contributed by atoms with Crippen LogP contribution in [0.2, 0.25) is 0 Å². The Bertz CT molecular complexity index is 754. The minimum absolute atomic E-state index is 0.0640. The third kappa shape index (κ3) is 3.05. The van der Waals surface area contributed by atoms with Crippen LogP contribution >= 0.6 is 11.6 Å². The molecule has 26 heavy (non-hydrogen) atoms. The summed E-state index contributed by atoms with van der Waals surface area (Å²) < 4.78 is 17.6. The van der Waals surface area contributed by atoms with Crippen molar-refractivity contribution in [2.45, 2.75) is 82.5 Å². The van der Waals surface area contributed by atoms with E-state index in [1.165, 1.54) is 0 Å². The molecule has 2 saturated carbocycles. The molecule has 4 rings (SSSR count). The van der Waals surface area contributed by atoms with Gasteiger partial charge in [0, 0.05) is 5.03 Å². The van der Waals surface area contributed by atoms with Gasteiger partial charge in [-0.3, -0.25) is 0 Å². The highest BCUT2D eigenvalue weighted by Gasteiger charge is 2.50. The first-order chi connectivity index (χ1) is 12.4. The molecule has 1 aliphatic heterocycles. The van der Waals surface area contributed by atoms with E-state index in [0.717, 1.165) is 54.0 Å². The summed E-state index contributed by atoms with van der Waals surface area (Å²) in [6.45, 7) is 4.01. The zero-order valence-electron chi connectivity index (χ0n) is 15.6. The second-order valence-electron chi connectivity index (χ2n) is 8.44. The summed E-state index contributed by atoms with van der Waals surface area (Å²) in [5.74, 6) is 0.299. The van der Waals surface area contributed by atoms with Gasteiger partial charge in [0.15, 0.2) is 0 Å². The van der Waals surface area contributed by atoms with E-state index in [-0.39, 0.29) is 6.04 Å². The van der Waals surface area contributed by atoms with Gasteiger partial charge in [-0.2, -0.15) is 0 Å². The van der Waals surface area contributed by atoms with Crippen LogP contribution < -0.4 is 0 Å². The van der Waals surface area contributed by atoms with Crippen LogP contribution in [0.25, 0.3) is 5.57 Å². The van der Waals surface area contributed by atoms with Crippen LogP contribution in [0.4, 0.5) is 4.39 Å². The topological polar surface area (TPSA) is 38.0 Å². The summed E-state index contributed by atoms with van der Waals surface area (Å²) in [5, 5.41) is 11.1. The Morgan fingerprint density at radius 2 is 2.08 bits per heavy atom. The molecule has 1 unspecified atom stereocenters. The monoisotopic (exact) mass is 378 g/mol. The number of fused-ring (bicyclic) bond motifs is 1. The van der Waals surface area contributed by atoms with Crippen molar-refractivity contribution in [2.24, 2.45) is 5.92 Å². The van der Waals surface area contributed by atoms with Crippen LogP contribution in [0, 0.1) is 5.92 Å². The third-order valence-corrected chi connectivity index (χ3v) is 7.33. The standard InChI is InChI=1S/C21H28ClFN2O/c1-3-16(22)19-14(2)18-12-24-13-25(18)17(19)6-9-20(23)7-4-15(5-8-20)21(26)10-11-21/h3,12-13,15,17,26H,4-11H2,1-2H3/b16-3+. The Morgan fingerprint density at radius 1 is 1.38 bits per heavy atom. The third-order valence-electron chi connectivity index (χ3n) is 6.90. The molecule has 2 fully saturated rings. The van der Waals surface area contributed by atoms with Gasteiger partial charge in [-0.25, -0.2) is 9.37 Å². The molecule has 2 heterocycles. The first-order valence-corrected chi connectivity index (χ1v) is 10.2. The zero-order chi connectivity index (χ0) is 18.5. The van der Waals surface area contributed by atoms with Crippen LogP contribution in [0.3, 0.4) is 0 Å². The summed E-state index contributed by atoms with van der Waals surface area (Å²) in [5.41, 5.74) is 1.74. The Kier molecular flexibility index (Phi) is 4.55. The van der Waals surface area contributed by atoms with Gasteiger partial charge >= 0.3 is 0 Å². The van der Waals surface area contributed by atoms with E-state index in [4.69, 9.17) is 11.6 Å². The van der Waals surface area contributed by atoms with Crippen LogP contribution in [-0.2, 0) is 0 Å². The van der Waals surface area contributed by atoms with E-state index in [0.29, 0.717) is 25.2 Å². The number of hydrogen-bond acceptors (Lipinski definition) is 2. The number of imidazole rings is 1. The summed E-state index contributed by atoms with van der Waals surface area (Å²) >= 11 is 6.49. The zero-order valence-corrected chi connectivity index (χ0v) is 16.4. The predicted molar refractivity (Wildman–Crippen MR) is 103 cm³/mol. The maximum Gasteiger partial charge on any atom is 0.111 e. The number of allylic oxidation sites excluding steroid dienone is 4. The second-order valence-corrected chi connectivity index (χ2v) is 8.85. The van der Waals surface area contributed by atoms with Gasteiger partial charge in [0.2, 0.25) is 0 Å². The van der Waals surface area contributed by atoms with Crippen molar-refractivity contribution in [3.8, 4) is 0 Å². The smallest absolute Gasteiger partial charge is 0.111 e. The predicted octanol–water partition coefficient (Wildman–Crippen LogP) is 5.56. The number of rotatable bonds is 5. The lowest BCUT2D eigenvalue weighted by Crippen LogP contribution is -2.35. The fourth-order valence-corrected chi connectivity index (χ4v) is 5.27. The maximum absolute atomic E-state index is 15.4. The van der Waals surface area contributed by atoms with Crippen molar-refractivity contribution in [1.82, 2.24) is 9.55 Å². The lowest BCUT2D eigenvalue weighted by Gasteiger charge is -2.37. The molecule has 3 nitrogen and oxygen atoms in total. The van der Waals surface area contributed by atoms with Crippen molar-refractivity contribution >= 4 is 17.2 Å². The van der Waals surface area contributed by atoms with E-state index in [1.807, 2.05) is 25.5 Å². The Labute approximate surface area is 160 Å². The fraction of sp³-hybridized carbons (Fsp3) is 0.667. The lowest BCUT2D eigenvalue weighted by atomic mass is 9.74. The normalized spacial score (nSPS) is 33.5. The van der Waals surface area contributed by atoms with Gasteiger partial charge in [-0.15, -0.1) is 0 Å². The number of aromatic nitrogens is 2. The molecular weight excluding hydrogens is 351 g/mol. The molecule has 0 aromatic carbocycles. The van der Waals surface area contributed by atoms with Crippen LogP contribution in [-0.4, -0.2) is 25.9 Å². The molecule has 0 spiro atoms. The molecule has 1 aromatic rings. The SMILES string of the molecule is C/C=C(/Cl)C1=C(C)c2cncn2C1CCC1(F)CCC(C2(O)CC2)CC1. The lowest BCUT2D eigenvalue weighted by molar-refractivity contribution is 0.00628. The molecule has 5 heteroatoms. The summed E-state index contributed by atoms with van der Waals surface area (Å²) in [6, 6.07) is 0.0640. The summed E-state index contributed by atoms with van der Waals surface area (Å²) in [6.07, 6.45) is 11.4. The number of halogens is 2. The minimum atomic E-state index is -1.12. The molecule has 2 aliphatic carbocycles. The van der Waals surface area contributed by atoms with Gasteiger partial charge in [0.25, 0.3) is 0 Å². The van der Waals surface area contributed by atoms with Crippen molar-refractivity contribution in [2.75, 3.05) is 0 Å². The van der Waals surface area contributed by atoms with Gasteiger partial charge in [-0.1, -0.05) is 17.7 Å². The van der Waals surface area contributed by atoms with Crippen LogP contribution in [0.15, 0.2) is 29.2 Å². The summed E-state index contributed by atoms with van der Waals surface area (Å²) in [4.78, 5) is 4.26. The molecule has 0 saturated heterocycles. The largest absolute Gasteiger partial charge is 0.390 e. The first-order valence-electron chi connectivity index (χ1n) is 9.83. The van der Waals surface area contributed by atoms with E-state index >= 15 is 4.39 Å². The van der Waals surface area contributed by atoms with Crippen molar-refractivity contribution in [3.05, 3.63) is 34.9 Å². The van der Waals surface area contributed by atoms with E-state index in [1.54, 1.807) is 0 Å². The number of hydrogen-bond donors (Lipinski definition) is 1. The average Bonchev–Trinajstić information content (AvgIpc) is 3.09. The maximum atomic E-state index is 15.4. The molecule has 1 atom stereocenters. The highest BCUT2D eigenvalue weighted by Crippen LogP contribution is 2.52. The van der Waals surface area contributed by atoms with E-state index in [9.17, 15) is 5.11 Å². The molecule has 1 N–H and O–H groups in total. The molecule has 0 radical (unpaired) electrons. The number of aliphatic hydroxyl groups is 1. The highest BCUT2D eigenvalue weighted by molar-refractivity contribution is 6.32. The van der Waals surface area contributed by atoms with Crippen LogP contribution in [0.5, 0.6) is 0 Å². The number of alkyl halides is 1. The molecule has 0 amide bonds. The van der Waals surface area contributed by atoms with E-state index in [2.05, 4.69) is 16.5 Å². The minimum Gasteiger partial charge on any atom is -0.390 e. The molecule has 142 valence electrons. The van der Waals surface area contributed by atoms with Gasteiger partial charge in [0.1, 0.15) is 5.67 Å². The molecule has 0 bridgehead atoms. The van der Waals surface area contributed by atoms with Crippen molar-refractivity contribution in [3.63, 3.8) is 0 Å². The van der Waals surface area contributed by atoms with Crippen molar-refractivity contribution in [1.29, 1.82) is 0 Å². The van der Waals surface area contributed by atoms with Gasteiger partial charge in [0.05, 0.1) is 29.9 Å². The molecule has 3 aliphatic rings.